The van der Waals surface area contributed by atoms with E-state index in [9.17, 15) is 13.2 Å². The van der Waals surface area contributed by atoms with Gasteiger partial charge in [0.25, 0.3) is 0 Å². The van der Waals surface area contributed by atoms with Crippen molar-refractivity contribution in [3.05, 3.63) is 29.8 Å². The Labute approximate surface area is 84.1 Å². The van der Waals surface area contributed by atoms with Gasteiger partial charge in [0.15, 0.2) is 0 Å². The SMILES string of the molecule is FC(F)(F)c1cccc(SI)c1. The maximum Gasteiger partial charge on any atom is 0.416 e. The van der Waals surface area contributed by atoms with Gasteiger partial charge in [0.1, 0.15) is 0 Å². The van der Waals surface area contributed by atoms with Gasteiger partial charge in [0.2, 0.25) is 0 Å². The number of alkyl halides is 3. The van der Waals surface area contributed by atoms with Crippen molar-refractivity contribution in [2.75, 3.05) is 0 Å². The highest BCUT2D eigenvalue weighted by Gasteiger charge is 2.30. The van der Waals surface area contributed by atoms with Crippen LogP contribution >= 0.6 is 30.1 Å². The average molecular weight is 304 g/mol. The molecule has 0 atom stereocenters. The second kappa shape index (κ2) is 3.87. The van der Waals surface area contributed by atoms with Crippen molar-refractivity contribution in [2.45, 2.75) is 11.1 Å². The van der Waals surface area contributed by atoms with Crippen LogP contribution in [0.4, 0.5) is 13.2 Å². The van der Waals surface area contributed by atoms with Crippen LogP contribution in [0.25, 0.3) is 0 Å². The van der Waals surface area contributed by atoms with Gasteiger partial charge >= 0.3 is 6.18 Å². The standard InChI is InChI=1S/C7H4F3IS/c8-7(9,10)5-2-1-3-6(4-5)12-11/h1-4H. The van der Waals surface area contributed by atoms with E-state index in [-0.39, 0.29) is 0 Å². The molecule has 0 saturated carbocycles. The first-order valence-electron chi connectivity index (χ1n) is 3.00. The summed E-state index contributed by atoms with van der Waals surface area (Å²) >= 11 is 1.95. The van der Waals surface area contributed by atoms with Crippen LogP contribution in [0.3, 0.4) is 0 Å². The smallest absolute Gasteiger partial charge is 0.166 e. The molecular weight excluding hydrogens is 300 g/mol. The maximum absolute atomic E-state index is 12.1. The molecule has 0 aliphatic carbocycles. The summed E-state index contributed by atoms with van der Waals surface area (Å²) in [5.74, 6) is 0. The highest BCUT2D eigenvalue weighted by Crippen LogP contribution is 2.33. The average Bonchev–Trinajstić information content (AvgIpc) is 2.03. The van der Waals surface area contributed by atoms with E-state index in [4.69, 9.17) is 0 Å². The molecule has 0 heterocycles. The van der Waals surface area contributed by atoms with Crippen molar-refractivity contribution in [3.8, 4) is 0 Å². The van der Waals surface area contributed by atoms with E-state index in [1.54, 1.807) is 6.07 Å². The molecule has 1 rings (SSSR count). The van der Waals surface area contributed by atoms with Gasteiger partial charge in [-0.05, 0) is 18.2 Å². The Balaban J connectivity index is 3.02. The van der Waals surface area contributed by atoms with E-state index in [1.807, 2.05) is 21.2 Å². The highest BCUT2D eigenvalue weighted by atomic mass is 127. The van der Waals surface area contributed by atoms with Crippen molar-refractivity contribution in [2.24, 2.45) is 0 Å². The Morgan fingerprint density at radius 2 is 1.92 bits per heavy atom. The lowest BCUT2D eigenvalue weighted by atomic mass is 10.2. The molecule has 0 nitrogen and oxygen atoms in total. The van der Waals surface area contributed by atoms with E-state index in [0.29, 0.717) is 4.90 Å². The van der Waals surface area contributed by atoms with Crippen molar-refractivity contribution < 1.29 is 13.2 Å². The van der Waals surface area contributed by atoms with Crippen LogP contribution in [0.2, 0.25) is 0 Å². The molecule has 1 aromatic rings. The Morgan fingerprint density at radius 3 is 2.42 bits per heavy atom. The highest BCUT2D eigenvalue weighted by molar-refractivity contribution is 14.2. The van der Waals surface area contributed by atoms with Crippen LogP contribution in [0.5, 0.6) is 0 Å². The molecule has 0 radical (unpaired) electrons. The number of rotatable bonds is 1. The summed E-state index contributed by atoms with van der Waals surface area (Å²) in [5, 5.41) is 0. The minimum atomic E-state index is -4.23. The molecule has 0 saturated heterocycles. The summed E-state index contributed by atoms with van der Waals surface area (Å²) in [7, 11) is 1.27. The van der Waals surface area contributed by atoms with Crippen LogP contribution in [0, 0.1) is 0 Å². The topological polar surface area (TPSA) is 0 Å². The minimum absolute atomic E-state index is 0.593. The van der Waals surface area contributed by atoms with E-state index in [0.717, 1.165) is 12.1 Å². The van der Waals surface area contributed by atoms with Crippen LogP contribution in [0.15, 0.2) is 29.2 Å². The zero-order valence-electron chi connectivity index (χ0n) is 5.73. The Morgan fingerprint density at radius 1 is 1.25 bits per heavy atom. The Hall–Kier alpha value is 0.0900. The summed E-state index contributed by atoms with van der Waals surface area (Å²) in [6.07, 6.45) is -4.23. The quantitative estimate of drug-likeness (QED) is 0.702. The number of hydrogen-bond acceptors (Lipinski definition) is 1. The fraction of sp³-hybridized carbons (Fsp3) is 0.143. The first-order chi connectivity index (χ1) is 5.54. The molecule has 12 heavy (non-hydrogen) atoms. The van der Waals surface area contributed by atoms with Crippen molar-refractivity contribution in [3.63, 3.8) is 0 Å². The fourth-order valence-corrected chi connectivity index (χ4v) is 1.84. The fourth-order valence-electron chi connectivity index (χ4n) is 0.720. The van der Waals surface area contributed by atoms with Crippen LogP contribution in [-0.2, 0) is 6.18 Å². The van der Waals surface area contributed by atoms with Gasteiger partial charge in [0.05, 0.1) is 5.56 Å². The summed E-state index contributed by atoms with van der Waals surface area (Å²) in [6.45, 7) is 0. The van der Waals surface area contributed by atoms with E-state index < -0.39 is 11.7 Å². The third-order valence-corrected chi connectivity index (χ3v) is 3.21. The Bertz CT molecular complexity index is 272. The van der Waals surface area contributed by atoms with Crippen molar-refractivity contribution in [1.82, 2.24) is 0 Å². The monoisotopic (exact) mass is 304 g/mol. The lowest BCUT2D eigenvalue weighted by Gasteiger charge is -2.06. The van der Waals surface area contributed by atoms with E-state index in [1.165, 1.54) is 15.0 Å². The first kappa shape index (κ1) is 10.2. The zero-order valence-corrected chi connectivity index (χ0v) is 8.70. The van der Waals surface area contributed by atoms with Crippen molar-refractivity contribution >= 4 is 30.1 Å². The summed E-state index contributed by atoms with van der Waals surface area (Å²) in [5.41, 5.74) is -0.593. The molecule has 0 amide bonds. The van der Waals surface area contributed by atoms with Crippen molar-refractivity contribution in [1.29, 1.82) is 0 Å². The molecule has 0 fully saturated rings. The molecule has 66 valence electrons. The first-order valence-corrected chi connectivity index (χ1v) is 6.36. The maximum atomic E-state index is 12.1. The van der Waals surface area contributed by atoms with Gasteiger partial charge in [-0.3, -0.25) is 0 Å². The lowest BCUT2D eigenvalue weighted by Crippen LogP contribution is -2.04. The molecule has 0 aliphatic heterocycles. The van der Waals surface area contributed by atoms with Gasteiger partial charge < -0.3 is 0 Å². The molecule has 0 aromatic heterocycles. The second-order valence-electron chi connectivity index (χ2n) is 2.10. The third kappa shape index (κ3) is 2.55. The summed E-state index contributed by atoms with van der Waals surface area (Å²) in [4.78, 5) is 0.616. The summed E-state index contributed by atoms with van der Waals surface area (Å²) < 4.78 is 36.3. The van der Waals surface area contributed by atoms with Gasteiger partial charge in [-0.25, -0.2) is 0 Å². The normalized spacial score (nSPS) is 11.7. The van der Waals surface area contributed by atoms with Gasteiger partial charge in [-0.2, -0.15) is 13.2 Å². The number of halogens is 4. The molecule has 5 heteroatoms. The number of hydrogen-bond donors (Lipinski definition) is 0. The van der Waals surface area contributed by atoms with Crippen LogP contribution in [0.1, 0.15) is 5.56 Å². The van der Waals surface area contributed by atoms with Gasteiger partial charge in [-0.15, -0.1) is 0 Å². The molecule has 0 spiro atoms. The molecule has 0 N–H and O–H groups in total. The molecule has 1 aromatic carbocycles. The van der Waals surface area contributed by atoms with Crippen LogP contribution in [-0.4, -0.2) is 0 Å². The predicted octanol–water partition coefficient (Wildman–Crippen LogP) is 4.15. The predicted molar refractivity (Wildman–Crippen MR) is 51.3 cm³/mol. The second-order valence-corrected chi connectivity index (χ2v) is 4.05. The van der Waals surface area contributed by atoms with Crippen LogP contribution < -0.4 is 0 Å². The van der Waals surface area contributed by atoms with Gasteiger partial charge in [-0.1, -0.05) is 15.0 Å². The third-order valence-electron chi connectivity index (χ3n) is 1.25. The van der Waals surface area contributed by atoms with Gasteiger partial charge in [0, 0.05) is 26.1 Å². The molecular formula is C7H4F3IS. The van der Waals surface area contributed by atoms with E-state index >= 15 is 0 Å². The van der Waals surface area contributed by atoms with E-state index in [2.05, 4.69) is 0 Å². The molecule has 0 unspecified atom stereocenters. The molecule has 0 aliphatic rings. The molecule has 0 bridgehead atoms. The lowest BCUT2D eigenvalue weighted by molar-refractivity contribution is -0.137. The Kier molecular flexibility index (Phi) is 3.28. The summed E-state index contributed by atoms with van der Waals surface area (Å²) in [6, 6.07) is 5.25. The minimum Gasteiger partial charge on any atom is -0.166 e. The largest absolute Gasteiger partial charge is 0.416 e. The number of benzene rings is 1. The zero-order chi connectivity index (χ0) is 9.19.